The normalized spacial score (nSPS) is 17.1. The van der Waals surface area contributed by atoms with E-state index in [-0.39, 0.29) is 0 Å². The van der Waals surface area contributed by atoms with E-state index in [2.05, 4.69) is 5.32 Å². The number of urea groups is 1. The number of aryl methyl sites for hydroxylation is 1. The predicted molar refractivity (Wildman–Crippen MR) is 98.0 cm³/mol. The molecule has 0 radical (unpaired) electrons. The Kier molecular flexibility index (Phi) is 6.97. The molecule has 0 bridgehead atoms. The van der Waals surface area contributed by atoms with Crippen molar-refractivity contribution in [3.05, 3.63) is 28.3 Å². The number of nitrogens with zero attached hydrogens (tertiary/aromatic N) is 1. The number of carbonyl (C=O) groups excluding carboxylic acids is 2. The molecule has 1 heterocycles. The van der Waals surface area contributed by atoms with Gasteiger partial charge < -0.3 is 15.5 Å². The second-order valence-corrected chi connectivity index (χ2v) is 6.79. The SMILES string of the molecule is CCc1ccc(Cl)c(CC)c1NC(=O)N1CCCC1C(=O)NCC(F)(F)F. The van der Waals surface area contributed by atoms with E-state index in [0.717, 1.165) is 11.1 Å². The molecule has 3 amide bonds. The second-order valence-electron chi connectivity index (χ2n) is 6.38. The zero-order valence-corrected chi connectivity index (χ0v) is 16.0. The number of carbonyl (C=O) groups is 2. The Morgan fingerprint density at radius 1 is 1.26 bits per heavy atom. The molecule has 1 aromatic carbocycles. The van der Waals surface area contributed by atoms with Crippen LogP contribution in [0.15, 0.2) is 12.1 Å². The summed E-state index contributed by atoms with van der Waals surface area (Å²) in [6.07, 6.45) is -2.33. The van der Waals surface area contributed by atoms with E-state index in [1.54, 1.807) is 6.07 Å². The van der Waals surface area contributed by atoms with Crippen molar-refractivity contribution < 1.29 is 22.8 Å². The third kappa shape index (κ3) is 5.28. The van der Waals surface area contributed by atoms with E-state index < -0.39 is 30.7 Å². The molecule has 5 nitrogen and oxygen atoms in total. The molecule has 2 rings (SSSR count). The lowest BCUT2D eigenvalue weighted by molar-refractivity contribution is -0.140. The van der Waals surface area contributed by atoms with Crippen molar-refractivity contribution >= 4 is 29.2 Å². The Bertz CT molecular complexity index is 710. The van der Waals surface area contributed by atoms with Gasteiger partial charge in [0.05, 0.1) is 5.69 Å². The molecule has 150 valence electrons. The fourth-order valence-electron chi connectivity index (χ4n) is 3.23. The summed E-state index contributed by atoms with van der Waals surface area (Å²) >= 11 is 6.23. The first kappa shape index (κ1) is 21.3. The number of hydrogen-bond acceptors (Lipinski definition) is 2. The molecule has 9 heteroatoms. The summed E-state index contributed by atoms with van der Waals surface area (Å²) in [5.74, 6) is -0.794. The number of rotatable bonds is 5. The van der Waals surface area contributed by atoms with Crippen LogP contribution in [0.5, 0.6) is 0 Å². The van der Waals surface area contributed by atoms with Crippen LogP contribution < -0.4 is 10.6 Å². The summed E-state index contributed by atoms with van der Waals surface area (Å²) in [6, 6.07) is 2.18. The Labute approximate surface area is 161 Å². The van der Waals surface area contributed by atoms with Crippen LogP contribution in [0.25, 0.3) is 0 Å². The van der Waals surface area contributed by atoms with Crippen LogP contribution in [-0.2, 0) is 17.6 Å². The second kappa shape index (κ2) is 8.82. The van der Waals surface area contributed by atoms with Gasteiger partial charge in [-0.15, -0.1) is 0 Å². The molecule has 1 fully saturated rings. The number of alkyl halides is 3. The van der Waals surface area contributed by atoms with Gasteiger partial charge in [-0.1, -0.05) is 31.5 Å². The third-order valence-electron chi connectivity index (χ3n) is 4.59. The number of benzene rings is 1. The first-order valence-corrected chi connectivity index (χ1v) is 9.28. The van der Waals surface area contributed by atoms with Crippen molar-refractivity contribution in [3.8, 4) is 0 Å². The highest BCUT2D eigenvalue weighted by Gasteiger charge is 2.36. The molecule has 1 unspecified atom stereocenters. The standard InChI is InChI=1S/C18H23ClF3N3O2/c1-3-11-7-8-13(19)12(4-2)15(11)24-17(27)25-9-5-6-14(25)16(26)23-10-18(20,21)22/h7-8,14H,3-6,9-10H2,1-2H3,(H,23,26)(H,24,27). The van der Waals surface area contributed by atoms with E-state index in [1.807, 2.05) is 25.2 Å². The fourth-order valence-corrected chi connectivity index (χ4v) is 3.52. The van der Waals surface area contributed by atoms with Crippen LogP contribution in [0.1, 0.15) is 37.8 Å². The summed E-state index contributed by atoms with van der Waals surface area (Å²) in [4.78, 5) is 26.1. The molecule has 27 heavy (non-hydrogen) atoms. The molecule has 2 N–H and O–H groups in total. The van der Waals surface area contributed by atoms with E-state index in [0.29, 0.717) is 42.9 Å². The highest BCUT2D eigenvalue weighted by molar-refractivity contribution is 6.32. The maximum Gasteiger partial charge on any atom is 0.405 e. The van der Waals surface area contributed by atoms with Crippen LogP contribution in [0, 0.1) is 0 Å². The first-order valence-electron chi connectivity index (χ1n) is 8.90. The van der Waals surface area contributed by atoms with Crippen molar-refractivity contribution in [1.82, 2.24) is 10.2 Å². The molecule has 1 aliphatic rings. The monoisotopic (exact) mass is 405 g/mol. The number of halogens is 4. The molecule has 0 spiro atoms. The number of amides is 3. The van der Waals surface area contributed by atoms with Crippen molar-refractivity contribution in [2.45, 2.75) is 51.7 Å². The molecule has 1 saturated heterocycles. The van der Waals surface area contributed by atoms with Gasteiger partial charge in [-0.3, -0.25) is 4.79 Å². The summed E-state index contributed by atoms with van der Waals surface area (Å²) in [5.41, 5.74) is 2.31. The van der Waals surface area contributed by atoms with E-state index in [9.17, 15) is 22.8 Å². The molecule has 0 saturated carbocycles. The lowest BCUT2D eigenvalue weighted by Gasteiger charge is -2.26. The highest BCUT2D eigenvalue weighted by atomic mass is 35.5. The van der Waals surface area contributed by atoms with Gasteiger partial charge in [-0.25, -0.2) is 4.79 Å². The maximum absolute atomic E-state index is 12.7. The van der Waals surface area contributed by atoms with Gasteiger partial charge in [0.25, 0.3) is 0 Å². The molecular weight excluding hydrogens is 383 g/mol. The smallest absolute Gasteiger partial charge is 0.345 e. The summed E-state index contributed by atoms with van der Waals surface area (Å²) < 4.78 is 37.0. The van der Waals surface area contributed by atoms with E-state index in [1.165, 1.54) is 4.90 Å². The lowest BCUT2D eigenvalue weighted by Crippen LogP contribution is -2.49. The predicted octanol–water partition coefficient (Wildman–Crippen LogP) is 4.14. The topological polar surface area (TPSA) is 61.4 Å². The van der Waals surface area contributed by atoms with Crippen molar-refractivity contribution in [2.75, 3.05) is 18.4 Å². The van der Waals surface area contributed by atoms with Gasteiger partial charge in [0.2, 0.25) is 5.91 Å². The fraction of sp³-hybridized carbons (Fsp3) is 0.556. The minimum absolute atomic E-state index is 0.305. The summed E-state index contributed by atoms with van der Waals surface area (Å²) in [6.45, 7) is 2.76. The highest BCUT2D eigenvalue weighted by Crippen LogP contribution is 2.30. The number of anilines is 1. The Balaban J connectivity index is 2.15. The van der Waals surface area contributed by atoms with Crippen LogP contribution in [0.3, 0.4) is 0 Å². The van der Waals surface area contributed by atoms with Crippen molar-refractivity contribution in [2.24, 2.45) is 0 Å². The van der Waals surface area contributed by atoms with E-state index >= 15 is 0 Å². The molecule has 0 aromatic heterocycles. The van der Waals surface area contributed by atoms with Gasteiger partial charge in [-0.05, 0) is 42.9 Å². The van der Waals surface area contributed by atoms with Crippen LogP contribution >= 0.6 is 11.6 Å². The summed E-state index contributed by atoms with van der Waals surface area (Å²) in [7, 11) is 0. The van der Waals surface area contributed by atoms with Gasteiger partial charge >= 0.3 is 12.2 Å². The van der Waals surface area contributed by atoms with Gasteiger partial charge in [0, 0.05) is 11.6 Å². The number of nitrogens with one attached hydrogen (secondary N) is 2. The number of likely N-dealkylation sites (tertiary alicyclic amines) is 1. The van der Waals surface area contributed by atoms with E-state index in [4.69, 9.17) is 11.6 Å². The molecule has 0 aliphatic carbocycles. The van der Waals surface area contributed by atoms with Crippen LogP contribution in [-0.4, -0.2) is 42.1 Å². The number of hydrogen-bond donors (Lipinski definition) is 2. The summed E-state index contributed by atoms with van der Waals surface area (Å²) in [5, 5.41) is 5.22. The Morgan fingerprint density at radius 2 is 1.96 bits per heavy atom. The molecule has 1 aromatic rings. The van der Waals surface area contributed by atoms with Gasteiger partial charge in [0.1, 0.15) is 12.6 Å². The van der Waals surface area contributed by atoms with Gasteiger partial charge in [-0.2, -0.15) is 13.2 Å². The largest absolute Gasteiger partial charge is 0.405 e. The quantitative estimate of drug-likeness (QED) is 0.773. The first-order chi connectivity index (χ1) is 12.7. The average Bonchev–Trinajstić information content (AvgIpc) is 3.09. The molecule has 1 aliphatic heterocycles. The van der Waals surface area contributed by atoms with Crippen molar-refractivity contribution in [1.29, 1.82) is 0 Å². The zero-order valence-electron chi connectivity index (χ0n) is 15.3. The van der Waals surface area contributed by atoms with Gasteiger partial charge in [0.15, 0.2) is 0 Å². The molecule has 1 atom stereocenters. The Morgan fingerprint density at radius 3 is 2.56 bits per heavy atom. The lowest BCUT2D eigenvalue weighted by atomic mass is 10.0. The Hall–Kier alpha value is -1.96. The average molecular weight is 406 g/mol. The third-order valence-corrected chi connectivity index (χ3v) is 4.94. The minimum Gasteiger partial charge on any atom is -0.345 e. The maximum atomic E-state index is 12.7. The zero-order chi connectivity index (χ0) is 20.2. The van der Waals surface area contributed by atoms with Crippen LogP contribution in [0.4, 0.5) is 23.7 Å². The van der Waals surface area contributed by atoms with Crippen LogP contribution in [0.2, 0.25) is 5.02 Å². The van der Waals surface area contributed by atoms with Crippen molar-refractivity contribution in [3.63, 3.8) is 0 Å². The minimum atomic E-state index is -4.49. The molecular formula is C18H23ClF3N3O2.